The van der Waals surface area contributed by atoms with Crippen LogP contribution in [0.4, 0.5) is 9.80 Å². The summed E-state index contributed by atoms with van der Waals surface area (Å²) in [5, 5.41) is 24.5. The number of nitrogens with zero attached hydrogens (tertiary/aromatic N) is 1. The maximum absolute atomic E-state index is 14.0. The summed E-state index contributed by atoms with van der Waals surface area (Å²) in [6.45, 7) is 7.56. The number of aliphatic hydroxyl groups is 1. The topological polar surface area (TPSA) is 198 Å². The maximum atomic E-state index is 14.0. The fraction of sp³-hybridized carbons (Fsp3) is 0.375. The highest BCUT2D eigenvalue weighted by molar-refractivity contribution is 8.23. The zero-order valence-corrected chi connectivity index (χ0v) is 24.1. The number of rotatable bonds is 7. The second-order valence-corrected chi connectivity index (χ2v) is 14.7. The van der Waals surface area contributed by atoms with Gasteiger partial charge in [-0.25, -0.2) is 9.52 Å². The normalized spacial score (nSPS) is 21.4. The molecule has 0 fully saturated rings. The summed E-state index contributed by atoms with van der Waals surface area (Å²) in [5.41, 5.74) is 0.00932. The molecular weight excluding hydrogens is 568 g/mol. The number of carbonyl (C=O) groups excluding carboxylic acids is 1. The molecule has 1 aromatic heterocycles. The number of carboxylic acid groups (broad SMARTS) is 1. The molecule has 212 valence electrons. The van der Waals surface area contributed by atoms with Gasteiger partial charge in [0.15, 0.2) is 11.6 Å². The minimum atomic E-state index is -4.41. The minimum absolute atomic E-state index is 0.0680. The number of carbonyl (C=O) groups is 2. The molecule has 15 heteroatoms. The third-order valence-electron chi connectivity index (χ3n) is 6.57. The number of amides is 1. The molecule has 4 rings (SSSR count). The van der Waals surface area contributed by atoms with E-state index in [1.165, 1.54) is 10.1 Å². The number of nitrogens with one attached hydrogen (secondary N) is 3. The summed E-state index contributed by atoms with van der Waals surface area (Å²) in [6, 6.07) is 7.03. The number of amidine groups is 1. The molecule has 0 spiro atoms. The van der Waals surface area contributed by atoms with Gasteiger partial charge in [0.2, 0.25) is 0 Å². The first-order valence-electron chi connectivity index (χ1n) is 11.8. The molecule has 1 aliphatic heterocycles. The Bertz CT molecular complexity index is 1520. The van der Waals surface area contributed by atoms with Crippen LogP contribution in [-0.2, 0) is 27.0 Å². The third kappa shape index (κ3) is 5.69. The number of aliphatic hydroxyl groups excluding tert-OH is 1. The molecule has 1 amide bonds. The molecule has 12 nitrogen and oxygen atoms in total. The van der Waals surface area contributed by atoms with Gasteiger partial charge >= 0.3 is 16.3 Å². The van der Waals surface area contributed by atoms with Gasteiger partial charge in [0.1, 0.15) is 21.2 Å². The van der Waals surface area contributed by atoms with Gasteiger partial charge in [-0.2, -0.15) is 13.1 Å². The second kappa shape index (κ2) is 9.91. The first kappa shape index (κ1) is 29.0. The zero-order chi connectivity index (χ0) is 29.0. The lowest BCUT2D eigenvalue weighted by Gasteiger charge is -2.39. The van der Waals surface area contributed by atoms with Crippen LogP contribution in [0.1, 0.15) is 57.2 Å². The monoisotopic (exact) mass is 598 g/mol. The molecule has 1 atom stereocenters. The Hall–Kier alpha value is -2.95. The highest BCUT2D eigenvalue weighted by Gasteiger charge is 2.47. The van der Waals surface area contributed by atoms with Crippen molar-refractivity contribution in [1.82, 2.24) is 9.44 Å². The van der Waals surface area contributed by atoms with Crippen molar-refractivity contribution in [2.24, 2.45) is 9.81 Å². The lowest BCUT2D eigenvalue weighted by Crippen LogP contribution is -2.42. The van der Waals surface area contributed by atoms with Gasteiger partial charge in [-0.3, -0.25) is 13.9 Å². The SMILES string of the molecule is CC(C)(C)CC[C@@]1(C)C(=O)C(C2=NS(O)(O)c3c(CNS(=O)(=O)NC(=O)O)csc3N2)=C(O)c2ccccc21. The van der Waals surface area contributed by atoms with Crippen LogP contribution in [0.5, 0.6) is 0 Å². The van der Waals surface area contributed by atoms with Crippen molar-refractivity contribution in [3.8, 4) is 0 Å². The van der Waals surface area contributed by atoms with Gasteiger partial charge in [0.05, 0.1) is 5.41 Å². The average molecular weight is 599 g/mol. The fourth-order valence-corrected chi connectivity index (χ4v) is 7.85. The highest BCUT2D eigenvalue weighted by atomic mass is 32.3. The van der Waals surface area contributed by atoms with Crippen LogP contribution in [0.25, 0.3) is 5.76 Å². The van der Waals surface area contributed by atoms with Crippen molar-refractivity contribution in [1.29, 1.82) is 0 Å². The van der Waals surface area contributed by atoms with E-state index in [-0.39, 0.29) is 38.0 Å². The van der Waals surface area contributed by atoms with E-state index in [1.807, 2.05) is 4.72 Å². The van der Waals surface area contributed by atoms with E-state index in [9.17, 15) is 32.2 Å². The highest BCUT2D eigenvalue weighted by Crippen LogP contribution is 2.59. The van der Waals surface area contributed by atoms with Gasteiger partial charge in [-0.1, -0.05) is 55.8 Å². The fourth-order valence-electron chi connectivity index (χ4n) is 4.53. The largest absolute Gasteiger partial charge is 0.506 e. The van der Waals surface area contributed by atoms with Gasteiger partial charge in [0.25, 0.3) is 0 Å². The summed E-state index contributed by atoms with van der Waals surface area (Å²) in [6.07, 6.45) is -0.597. The predicted octanol–water partition coefficient (Wildman–Crippen LogP) is 4.83. The Morgan fingerprint density at radius 1 is 1.23 bits per heavy atom. The molecule has 1 aromatic carbocycles. The maximum Gasteiger partial charge on any atom is 0.419 e. The third-order valence-corrected chi connectivity index (χ3v) is 10.1. The van der Waals surface area contributed by atoms with Gasteiger partial charge in [-0.15, -0.1) is 15.7 Å². The molecule has 0 bridgehead atoms. The van der Waals surface area contributed by atoms with E-state index >= 15 is 0 Å². The van der Waals surface area contributed by atoms with Crippen molar-refractivity contribution >= 4 is 60.8 Å². The Labute approximate surface area is 231 Å². The number of hydrogen-bond donors (Lipinski definition) is 7. The Morgan fingerprint density at radius 2 is 1.90 bits per heavy atom. The molecule has 2 heterocycles. The quantitative estimate of drug-likeness (QED) is 0.233. The Kier molecular flexibility index (Phi) is 7.38. The summed E-state index contributed by atoms with van der Waals surface area (Å²) in [4.78, 5) is 24.6. The number of thiophene rings is 1. The molecule has 2 aliphatic rings. The zero-order valence-electron chi connectivity index (χ0n) is 21.6. The summed E-state index contributed by atoms with van der Waals surface area (Å²) < 4.78 is 53.0. The molecule has 0 radical (unpaired) electrons. The van der Waals surface area contributed by atoms with Crippen molar-refractivity contribution in [2.45, 2.75) is 57.4 Å². The minimum Gasteiger partial charge on any atom is -0.506 e. The number of anilines is 1. The van der Waals surface area contributed by atoms with E-state index in [0.717, 1.165) is 11.3 Å². The Morgan fingerprint density at radius 3 is 2.54 bits per heavy atom. The second-order valence-electron chi connectivity index (χ2n) is 10.7. The van der Waals surface area contributed by atoms with Crippen LogP contribution in [-0.4, -0.2) is 45.4 Å². The molecule has 0 saturated carbocycles. The molecule has 39 heavy (non-hydrogen) atoms. The van der Waals surface area contributed by atoms with E-state index in [4.69, 9.17) is 5.11 Å². The van der Waals surface area contributed by atoms with Crippen LogP contribution < -0.4 is 14.8 Å². The average Bonchev–Trinajstić information content (AvgIpc) is 3.23. The van der Waals surface area contributed by atoms with Crippen molar-refractivity contribution in [3.63, 3.8) is 0 Å². The van der Waals surface area contributed by atoms with E-state index in [1.54, 1.807) is 31.2 Å². The first-order valence-corrected chi connectivity index (χ1v) is 15.7. The van der Waals surface area contributed by atoms with Crippen LogP contribution in [0.15, 0.2) is 44.5 Å². The molecular formula is C24H30N4O8S3. The van der Waals surface area contributed by atoms with Crippen LogP contribution >= 0.6 is 22.1 Å². The van der Waals surface area contributed by atoms with Gasteiger partial charge in [-0.05, 0) is 36.1 Å². The van der Waals surface area contributed by atoms with Crippen molar-refractivity contribution < 1.29 is 37.3 Å². The van der Waals surface area contributed by atoms with E-state index in [0.29, 0.717) is 24.0 Å². The van der Waals surface area contributed by atoms with Crippen LogP contribution in [0.3, 0.4) is 0 Å². The standard InChI is InChI=1S/C24H30N4O8S3/c1-23(2,3)9-10-24(4)15-8-6-5-7-14(15)17(29)16(19(24)30)20-26-21-18(38(33,34)27-20)13(12-37-21)11-25-39(35,36)28-22(31)32/h5-8,12,25,28-29,33-34H,9-11H2,1-4H3,(H,26,27)(H,31,32)/t24-/m1/s1. The van der Waals surface area contributed by atoms with E-state index in [2.05, 4.69) is 30.5 Å². The van der Waals surface area contributed by atoms with E-state index < -0.39 is 44.8 Å². The number of ketones is 1. The number of Topliss-reactive ketones (excluding diaryl/α,β-unsaturated/α-hetero) is 1. The molecule has 2 aromatic rings. The number of fused-ring (bicyclic) bond motifs is 2. The lowest BCUT2D eigenvalue weighted by molar-refractivity contribution is -0.120. The van der Waals surface area contributed by atoms with Crippen molar-refractivity contribution in [2.75, 3.05) is 5.32 Å². The smallest absolute Gasteiger partial charge is 0.419 e. The molecule has 1 aliphatic carbocycles. The van der Waals surface area contributed by atoms with Gasteiger partial charge in [0, 0.05) is 17.7 Å². The molecule has 7 N–H and O–H groups in total. The number of hydrogen-bond acceptors (Lipinski definition) is 10. The van der Waals surface area contributed by atoms with Crippen molar-refractivity contribution in [3.05, 3.63) is 51.9 Å². The number of benzene rings is 1. The predicted molar refractivity (Wildman–Crippen MR) is 150 cm³/mol. The summed E-state index contributed by atoms with van der Waals surface area (Å²) >= 11 is 1.01. The van der Waals surface area contributed by atoms with Crippen LogP contribution in [0, 0.1) is 5.41 Å². The summed E-state index contributed by atoms with van der Waals surface area (Å²) in [5.74, 6) is -0.960. The Balaban J connectivity index is 1.73. The van der Waals surface area contributed by atoms with Gasteiger partial charge < -0.3 is 15.5 Å². The molecule has 0 saturated heterocycles. The first-order chi connectivity index (χ1) is 18.0. The van der Waals surface area contributed by atoms with Crippen LogP contribution in [0.2, 0.25) is 0 Å². The summed E-state index contributed by atoms with van der Waals surface area (Å²) in [7, 11) is -8.36. The lowest BCUT2D eigenvalue weighted by atomic mass is 9.65. The molecule has 0 unspecified atom stereocenters.